The molecule has 0 radical (unpaired) electrons. The van der Waals surface area contributed by atoms with E-state index in [4.69, 9.17) is 0 Å². The molecule has 6 heteroatoms. The number of hydrogen-bond acceptors (Lipinski definition) is 0. The van der Waals surface area contributed by atoms with Crippen LogP contribution in [0.3, 0.4) is 0 Å². The quantitative estimate of drug-likeness (QED) is 0.111. The minimum atomic E-state index is -0.755. The maximum atomic E-state index is 14.1. The van der Waals surface area contributed by atoms with Gasteiger partial charge in [-0.15, -0.1) is 0 Å². The first-order valence-corrected chi connectivity index (χ1v) is 25.0. The average molecular weight is 933 g/mol. The lowest BCUT2D eigenvalue weighted by Gasteiger charge is -2.27. The van der Waals surface area contributed by atoms with Gasteiger partial charge < -0.3 is 0 Å². The van der Waals surface area contributed by atoms with Gasteiger partial charge in [0, 0.05) is 21.0 Å². The van der Waals surface area contributed by atoms with E-state index in [1.807, 2.05) is 36.4 Å². The first-order valence-electron chi connectivity index (χ1n) is 25.0. The van der Waals surface area contributed by atoms with Crippen molar-refractivity contribution >= 4 is 0 Å². The summed E-state index contributed by atoms with van der Waals surface area (Å²) in [5, 5.41) is 0. The molecule has 3 fully saturated rings. The van der Waals surface area contributed by atoms with Gasteiger partial charge in [-0.1, -0.05) is 161 Å². The molecule has 3 aliphatic rings. The van der Waals surface area contributed by atoms with Crippen LogP contribution in [0.25, 0.3) is 33.4 Å². The summed E-state index contributed by atoms with van der Waals surface area (Å²) in [7, 11) is 0. The standard InChI is InChI=1S/C22H24F2.2C20H22F2.3H2/c1-3-4-16-6-8-17(9-7-16)18-10-12-19(13-11-18)20-14-5-15(2)21(23)22(20)24;2*1-13-3-6-15(7-4-13)16-8-10-17(11-9-16)18-12-5-14(2)19(21)20(18)22;;;/h3-5,10-14,16-17H,6-9H2,1-2H3;2*5,8-13,15H,3-4,6-7H2,1-2H3;3*1H/b4-3+;;;;;. The Kier molecular flexibility index (Phi) is 17.3. The van der Waals surface area contributed by atoms with Crippen LogP contribution in [0.2, 0.25) is 0 Å². The molecule has 6 aromatic rings. The Labute approximate surface area is 406 Å². The van der Waals surface area contributed by atoms with Crippen molar-refractivity contribution in [2.45, 2.75) is 136 Å². The second-order valence-corrected chi connectivity index (χ2v) is 20.1. The lowest BCUT2D eigenvalue weighted by atomic mass is 9.78. The van der Waals surface area contributed by atoms with E-state index in [0.29, 0.717) is 51.1 Å². The summed E-state index contributed by atoms with van der Waals surface area (Å²) in [6.45, 7) is 11.4. The Morgan fingerprint density at radius 1 is 0.353 bits per heavy atom. The van der Waals surface area contributed by atoms with Crippen LogP contribution in [-0.4, -0.2) is 0 Å². The maximum Gasteiger partial charge on any atom is 0.166 e. The maximum absolute atomic E-state index is 14.1. The Bertz CT molecular complexity index is 2500. The monoisotopic (exact) mass is 933 g/mol. The fourth-order valence-corrected chi connectivity index (χ4v) is 10.5. The highest BCUT2D eigenvalue weighted by Gasteiger charge is 2.23. The molecule has 0 saturated heterocycles. The van der Waals surface area contributed by atoms with Crippen molar-refractivity contribution in [2.75, 3.05) is 0 Å². The molecule has 0 aliphatic heterocycles. The summed E-state index contributed by atoms with van der Waals surface area (Å²) in [6.07, 6.45) is 19.4. The van der Waals surface area contributed by atoms with E-state index in [-0.39, 0.29) is 4.28 Å². The van der Waals surface area contributed by atoms with Crippen molar-refractivity contribution < 1.29 is 30.6 Å². The van der Waals surface area contributed by atoms with Gasteiger partial charge in [0.1, 0.15) is 0 Å². The molecule has 0 spiro atoms. The van der Waals surface area contributed by atoms with Gasteiger partial charge in [0.2, 0.25) is 0 Å². The van der Waals surface area contributed by atoms with Crippen LogP contribution in [0.5, 0.6) is 0 Å². The normalized spacial score (nSPS) is 21.6. The molecule has 0 bridgehead atoms. The fraction of sp³-hybridized carbons (Fsp3) is 0.387. The third kappa shape index (κ3) is 12.3. The summed E-state index contributed by atoms with van der Waals surface area (Å²) in [5.74, 6) is -0.303. The van der Waals surface area contributed by atoms with Crippen molar-refractivity contribution in [1.29, 1.82) is 0 Å². The number of halogens is 6. The van der Waals surface area contributed by atoms with Crippen LogP contribution in [0.1, 0.15) is 153 Å². The molecule has 0 amide bonds. The second kappa shape index (κ2) is 23.3. The molecule has 0 heterocycles. The zero-order valence-electron chi connectivity index (χ0n) is 40.8. The molecule has 0 N–H and O–H groups in total. The molecular weight excluding hydrogens is 859 g/mol. The summed E-state index contributed by atoms with van der Waals surface area (Å²) in [4.78, 5) is 0. The van der Waals surface area contributed by atoms with Crippen LogP contribution in [-0.2, 0) is 0 Å². The molecule has 0 unspecified atom stereocenters. The topological polar surface area (TPSA) is 0 Å². The lowest BCUT2D eigenvalue weighted by molar-refractivity contribution is 0.348. The van der Waals surface area contributed by atoms with Crippen LogP contribution >= 0.6 is 0 Å². The Balaban J connectivity index is 0.000000227. The highest BCUT2D eigenvalue weighted by Crippen LogP contribution is 2.40. The third-order valence-electron chi connectivity index (χ3n) is 15.2. The summed E-state index contributed by atoms with van der Waals surface area (Å²) in [6, 6.07) is 33.8. The predicted octanol–water partition coefficient (Wildman–Crippen LogP) is 20.0. The fourth-order valence-electron chi connectivity index (χ4n) is 10.5. The highest BCUT2D eigenvalue weighted by molar-refractivity contribution is 5.67. The smallest absolute Gasteiger partial charge is 0.166 e. The summed E-state index contributed by atoms with van der Waals surface area (Å²) in [5.41, 5.74) is 8.21. The van der Waals surface area contributed by atoms with Gasteiger partial charge in [-0.05, 0) is 165 Å². The zero-order valence-corrected chi connectivity index (χ0v) is 40.8. The van der Waals surface area contributed by atoms with Gasteiger partial charge in [0.15, 0.2) is 34.9 Å². The minimum absolute atomic E-state index is 0. The molecule has 6 aromatic carbocycles. The number of aryl methyl sites for hydroxylation is 3. The predicted molar refractivity (Wildman–Crippen MR) is 276 cm³/mol. The second-order valence-electron chi connectivity index (χ2n) is 20.1. The first-order chi connectivity index (χ1) is 32.7. The Hall–Kier alpha value is -5.36. The number of hydrogen-bond donors (Lipinski definition) is 0. The molecule has 3 saturated carbocycles. The van der Waals surface area contributed by atoms with Crippen LogP contribution in [0.15, 0.2) is 121 Å². The summed E-state index contributed by atoms with van der Waals surface area (Å²) >= 11 is 0. The Morgan fingerprint density at radius 3 is 0.882 bits per heavy atom. The Morgan fingerprint density at radius 2 is 0.618 bits per heavy atom. The van der Waals surface area contributed by atoms with E-state index in [1.54, 1.807) is 57.2 Å². The zero-order chi connectivity index (χ0) is 48.5. The molecule has 364 valence electrons. The molecule has 0 aromatic heterocycles. The third-order valence-corrected chi connectivity index (χ3v) is 15.2. The van der Waals surface area contributed by atoms with Gasteiger partial charge in [-0.3, -0.25) is 0 Å². The van der Waals surface area contributed by atoms with E-state index >= 15 is 0 Å². The SMILES string of the molecule is C/C=C/C1CCC(c2ccc(-c3ccc(C)c(F)c3F)cc2)CC1.Cc1ccc(-c2ccc(C3CCC(C)CC3)cc2)c(F)c1F.Cc1ccc(-c2ccc(C3CCC(C)CC3)cc2)c(F)c1F.[HH].[HH].[HH]. The van der Waals surface area contributed by atoms with Crippen molar-refractivity contribution in [3.63, 3.8) is 0 Å². The van der Waals surface area contributed by atoms with Crippen molar-refractivity contribution in [3.8, 4) is 33.4 Å². The largest absolute Gasteiger partial charge is 0.203 e. The van der Waals surface area contributed by atoms with E-state index in [1.165, 1.54) is 93.7 Å². The van der Waals surface area contributed by atoms with Crippen LogP contribution in [0.4, 0.5) is 26.3 Å². The van der Waals surface area contributed by atoms with Crippen molar-refractivity contribution in [2.24, 2.45) is 17.8 Å². The van der Waals surface area contributed by atoms with Gasteiger partial charge >= 0.3 is 0 Å². The molecule has 0 nitrogen and oxygen atoms in total. The van der Waals surface area contributed by atoms with Crippen LogP contribution < -0.4 is 0 Å². The van der Waals surface area contributed by atoms with Gasteiger partial charge in [-0.2, -0.15) is 0 Å². The van der Waals surface area contributed by atoms with E-state index < -0.39 is 34.9 Å². The summed E-state index contributed by atoms with van der Waals surface area (Å²) < 4.78 is 83.5. The molecule has 0 atom stereocenters. The van der Waals surface area contributed by atoms with E-state index in [0.717, 1.165) is 34.4 Å². The lowest BCUT2D eigenvalue weighted by Crippen LogP contribution is -2.11. The first kappa shape index (κ1) is 50.5. The van der Waals surface area contributed by atoms with E-state index in [9.17, 15) is 26.3 Å². The molecule has 68 heavy (non-hydrogen) atoms. The van der Waals surface area contributed by atoms with Crippen molar-refractivity contribution in [3.05, 3.63) is 190 Å². The number of rotatable bonds is 7. The minimum Gasteiger partial charge on any atom is -0.203 e. The van der Waals surface area contributed by atoms with Crippen LogP contribution in [0, 0.1) is 73.4 Å². The average Bonchev–Trinajstić information content (AvgIpc) is 3.36. The molecule has 9 rings (SSSR count). The molecular formula is C62H74F6. The highest BCUT2D eigenvalue weighted by atomic mass is 19.2. The van der Waals surface area contributed by atoms with Crippen molar-refractivity contribution in [1.82, 2.24) is 0 Å². The number of benzene rings is 6. The molecule has 3 aliphatic carbocycles. The van der Waals surface area contributed by atoms with Gasteiger partial charge in [0.05, 0.1) is 0 Å². The van der Waals surface area contributed by atoms with E-state index in [2.05, 4.69) is 69.3 Å². The number of allylic oxidation sites excluding steroid dienone is 2. The van der Waals surface area contributed by atoms with Gasteiger partial charge in [0.25, 0.3) is 0 Å². The van der Waals surface area contributed by atoms with Gasteiger partial charge in [-0.25, -0.2) is 26.3 Å².